The second-order valence-electron chi connectivity index (χ2n) is 4.66. The maximum Gasteiger partial charge on any atom is 0.273 e. The van der Waals surface area contributed by atoms with Crippen LogP contribution in [0.3, 0.4) is 0 Å². The van der Waals surface area contributed by atoms with Crippen molar-refractivity contribution in [3.63, 3.8) is 0 Å². The highest BCUT2D eigenvalue weighted by Gasteiger charge is 2.28. The fourth-order valence-corrected chi connectivity index (χ4v) is 2.99. The highest BCUT2D eigenvalue weighted by atomic mass is 32.1. The molecular formula is C12H18N4O2S. The minimum Gasteiger partial charge on any atom is -0.369 e. The number of piperidine rings is 1. The molecular weight excluding hydrogens is 264 g/mol. The SMILES string of the molecule is NCCc1nc(C(=O)N2CCCC(C(N)=O)C2)cs1. The summed E-state index contributed by atoms with van der Waals surface area (Å²) in [6.07, 6.45) is 2.25. The first-order valence-corrected chi connectivity index (χ1v) is 7.23. The van der Waals surface area contributed by atoms with Crippen LogP contribution in [-0.4, -0.2) is 41.3 Å². The molecule has 0 aliphatic carbocycles. The maximum atomic E-state index is 12.3. The first-order chi connectivity index (χ1) is 9.11. The van der Waals surface area contributed by atoms with Crippen LogP contribution in [0, 0.1) is 5.92 Å². The molecule has 2 heterocycles. The molecule has 0 radical (unpaired) electrons. The van der Waals surface area contributed by atoms with Gasteiger partial charge in [-0.15, -0.1) is 11.3 Å². The van der Waals surface area contributed by atoms with Gasteiger partial charge in [-0.05, 0) is 19.4 Å². The quantitative estimate of drug-likeness (QED) is 0.810. The Labute approximate surface area is 115 Å². The van der Waals surface area contributed by atoms with Gasteiger partial charge in [-0.2, -0.15) is 0 Å². The second kappa shape index (κ2) is 6.12. The summed E-state index contributed by atoms with van der Waals surface area (Å²) in [5.41, 5.74) is 11.2. The Hall–Kier alpha value is -1.47. The molecule has 19 heavy (non-hydrogen) atoms. The molecule has 7 heteroatoms. The molecule has 1 saturated heterocycles. The van der Waals surface area contributed by atoms with E-state index in [1.54, 1.807) is 10.3 Å². The number of aromatic nitrogens is 1. The zero-order valence-electron chi connectivity index (χ0n) is 10.7. The lowest BCUT2D eigenvalue weighted by molar-refractivity contribution is -0.123. The fraction of sp³-hybridized carbons (Fsp3) is 0.583. The lowest BCUT2D eigenvalue weighted by atomic mass is 9.97. The van der Waals surface area contributed by atoms with Crippen LogP contribution in [0.5, 0.6) is 0 Å². The monoisotopic (exact) mass is 282 g/mol. The number of likely N-dealkylation sites (tertiary alicyclic amines) is 1. The van der Waals surface area contributed by atoms with Crippen LogP contribution in [-0.2, 0) is 11.2 Å². The van der Waals surface area contributed by atoms with Crippen molar-refractivity contribution < 1.29 is 9.59 Å². The molecule has 1 aliphatic heterocycles. The highest BCUT2D eigenvalue weighted by Crippen LogP contribution is 2.19. The van der Waals surface area contributed by atoms with Crippen molar-refractivity contribution in [2.75, 3.05) is 19.6 Å². The number of primary amides is 1. The Morgan fingerprint density at radius 3 is 3.00 bits per heavy atom. The average molecular weight is 282 g/mol. The highest BCUT2D eigenvalue weighted by molar-refractivity contribution is 7.09. The lowest BCUT2D eigenvalue weighted by Gasteiger charge is -2.30. The first-order valence-electron chi connectivity index (χ1n) is 6.35. The summed E-state index contributed by atoms with van der Waals surface area (Å²) in [5.74, 6) is -0.690. The van der Waals surface area contributed by atoms with Crippen molar-refractivity contribution in [3.05, 3.63) is 16.1 Å². The summed E-state index contributed by atoms with van der Waals surface area (Å²) in [6.45, 7) is 1.58. The van der Waals surface area contributed by atoms with E-state index in [1.165, 1.54) is 11.3 Å². The number of thiazole rings is 1. The van der Waals surface area contributed by atoms with Gasteiger partial charge in [0.05, 0.1) is 10.9 Å². The normalized spacial score (nSPS) is 19.4. The third kappa shape index (κ3) is 3.30. The summed E-state index contributed by atoms with van der Waals surface area (Å²) in [6, 6.07) is 0. The van der Waals surface area contributed by atoms with E-state index < -0.39 is 0 Å². The maximum absolute atomic E-state index is 12.3. The van der Waals surface area contributed by atoms with E-state index in [9.17, 15) is 9.59 Å². The summed E-state index contributed by atoms with van der Waals surface area (Å²) < 4.78 is 0. The van der Waals surface area contributed by atoms with Gasteiger partial charge in [0.15, 0.2) is 0 Å². The summed E-state index contributed by atoms with van der Waals surface area (Å²) in [7, 11) is 0. The van der Waals surface area contributed by atoms with E-state index >= 15 is 0 Å². The van der Waals surface area contributed by atoms with E-state index in [1.807, 2.05) is 0 Å². The van der Waals surface area contributed by atoms with Gasteiger partial charge in [0.1, 0.15) is 5.69 Å². The third-order valence-electron chi connectivity index (χ3n) is 3.24. The number of amides is 2. The zero-order chi connectivity index (χ0) is 13.8. The van der Waals surface area contributed by atoms with Crippen molar-refractivity contribution in [2.24, 2.45) is 17.4 Å². The van der Waals surface area contributed by atoms with Crippen LogP contribution < -0.4 is 11.5 Å². The van der Waals surface area contributed by atoms with Gasteiger partial charge >= 0.3 is 0 Å². The van der Waals surface area contributed by atoms with Gasteiger partial charge in [-0.25, -0.2) is 4.98 Å². The van der Waals surface area contributed by atoms with Crippen molar-refractivity contribution in [2.45, 2.75) is 19.3 Å². The van der Waals surface area contributed by atoms with Crippen LogP contribution in [0.15, 0.2) is 5.38 Å². The average Bonchev–Trinajstić information content (AvgIpc) is 2.87. The summed E-state index contributed by atoms with van der Waals surface area (Å²) in [5, 5.41) is 2.62. The minimum absolute atomic E-state index is 0.120. The number of nitrogens with zero attached hydrogens (tertiary/aromatic N) is 2. The van der Waals surface area contributed by atoms with Crippen LogP contribution in [0.1, 0.15) is 28.3 Å². The first kappa shape index (κ1) is 14.0. The molecule has 0 saturated carbocycles. The number of carbonyl (C=O) groups is 2. The smallest absolute Gasteiger partial charge is 0.273 e. The molecule has 4 N–H and O–H groups in total. The molecule has 2 rings (SSSR count). The molecule has 1 unspecified atom stereocenters. The van der Waals surface area contributed by atoms with Crippen LogP contribution >= 0.6 is 11.3 Å². The van der Waals surface area contributed by atoms with E-state index in [-0.39, 0.29) is 17.7 Å². The fourth-order valence-electron chi connectivity index (χ4n) is 2.20. The van der Waals surface area contributed by atoms with Crippen molar-refractivity contribution >= 4 is 23.2 Å². The second-order valence-corrected chi connectivity index (χ2v) is 5.60. The van der Waals surface area contributed by atoms with Crippen molar-refractivity contribution in [3.8, 4) is 0 Å². The van der Waals surface area contributed by atoms with Gasteiger partial charge in [0, 0.05) is 24.9 Å². The van der Waals surface area contributed by atoms with E-state index in [4.69, 9.17) is 11.5 Å². The van der Waals surface area contributed by atoms with Gasteiger partial charge in [-0.1, -0.05) is 0 Å². The Balaban J connectivity index is 2.03. The van der Waals surface area contributed by atoms with E-state index in [0.717, 1.165) is 17.8 Å². The molecule has 1 atom stereocenters. The van der Waals surface area contributed by atoms with Crippen LogP contribution in [0.4, 0.5) is 0 Å². The molecule has 6 nitrogen and oxygen atoms in total. The summed E-state index contributed by atoms with van der Waals surface area (Å²) in [4.78, 5) is 29.4. The van der Waals surface area contributed by atoms with Crippen molar-refractivity contribution in [1.82, 2.24) is 9.88 Å². The van der Waals surface area contributed by atoms with Crippen molar-refractivity contribution in [1.29, 1.82) is 0 Å². The van der Waals surface area contributed by atoms with Gasteiger partial charge in [-0.3, -0.25) is 9.59 Å². The van der Waals surface area contributed by atoms with Gasteiger partial charge < -0.3 is 16.4 Å². The predicted molar refractivity (Wildman–Crippen MR) is 72.7 cm³/mol. The Morgan fingerprint density at radius 1 is 1.53 bits per heavy atom. The molecule has 1 aromatic heterocycles. The molecule has 2 amide bonds. The largest absolute Gasteiger partial charge is 0.369 e. The lowest BCUT2D eigenvalue weighted by Crippen LogP contribution is -2.44. The number of hydrogen-bond donors (Lipinski definition) is 2. The van der Waals surface area contributed by atoms with Gasteiger partial charge in [0.2, 0.25) is 5.91 Å². The molecule has 1 fully saturated rings. The number of rotatable bonds is 4. The minimum atomic E-state index is -0.334. The van der Waals surface area contributed by atoms with E-state index in [2.05, 4.69) is 4.98 Å². The van der Waals surface area contributed by atoms with E-state index in [0.29, 0.717) is 31.7 Å². The summed E-state index contributed by atoms with van der Waals surface area (Å²) >= 11 is 1.44. The van der Waals surface area contributed by atoms with Gasteiger partial charge in [0.25, 0.3) is 5.91 Å². The topological polar surface area (TPSA) is 102 Å². The molecule has 104 valence electrons. The molecule has 0 aromatic carbocycles. The number of hydrogen-bond acceptors (Lipinski definition) is 5. The molecule has 0 spiro atoms. The standard InChI is InChI=1S/C12H18N4O2S/c13-4-3-10-15-9(7-19-10)12(18)16-5-1-2-8(6-16)11(14)17/h7-8H,1-6,13H2,(H2,14,17). The predicted octanol–water partition coefficient (Wildman–Crippen LogP) is -0.0182. The van der Waals surface area contributed by atoms with Crippen LogP contribution in [0.25, 0.3) is 0 Å². The molecule has 0 bridgehead atoms. The Morgan fingerprint density at radius 2 is 2.32 bits per heavy atom. The van der Waals surface area contributed by atoms with Crippen LogP contribution in [0.2, 0.25) is 0 Å². The molecule has 1 aliphatic rings. The molecule has 1 aromatic rings. The number of nitrogens with two attached hydrogens (primary N) is 2. The number of carbonyl (C=O) groups excluding carboxylic acids is 2. The Kier molecular flexibility index (Phi) is 4.49. The third-order valence-corrected chi connectivity index (χ3v) is 4.15. The Bertz CT molecular complexity index is 474. The zero-order valence-corrected chi connectivity index (χ0v) is 11.5.